The number of halogens is 1. The molecule has 0 heterocycles. The second-order valence-corrected chi connectivity index (χ2v) is 2.64. The Labute approximate surface area is 81.2 Å². The molecule has 0 fully saturated rings. The van der Waals surface area contributed by atoms with Crippen molar-refractivity contribution < 1.29 is 14.3 Å². The van der Waals surface area contributed by atoms with Crippen molar-refractivity contribution in [1.82, 2.24) is 0 Å². The van der Waals surface area contributed by atoms with Crippen molar-refractivity contribution in [3.05, 3.63) is 42.0 Å². The SMILES string of the molecule is [CH2]OCOC(=O)c1ccccc1Cl. The Morgan fingerprint density at radius 1 is 1.46 bits per heavy atom. The molecule has 0 saturated heterocycles. The molecule has 69 valence electrons. The maximum Gasteiger partial charge on any atom is 0.341 e. The van der Waals surface area contributed by atoms with Gasteiger partial charge in [0.25, 0.3) is 0 Å². The number of hydrogen-bond donors (Lipinski definition) is 0. The van der Waals surface area contributed by atoms with E-state index < -0.39 is 5.97 Å². The lowest BCUT2D eigenvalue weighted by Crippen LogP contribution is -2.07. The van der Waals surface area contributed by atoms with Gasteiger partial charge >= 0.3 is 5.97 Å². The lowest BCUT2D eigenvalue weighted by Gasteiger charge is -2.03. The Kier molecular flexibility index (Phi) is 3.73. The molecule has 0 N–H and O–H groups in total. The van der Waals surface area contributed by atoms with Crippen LogP contribution in [0.15, 0.2) is 24.3 Å². The van der Waals surface area contributed by atoms with E-state index in [0.29, 0.717) is 10.6 Å². The summed E-state index contributed by atoms with van der Waals surface area (Å²) in [6.07, 6.45) is 0. The molecule has 1 rings (SSSR count). The van der Waals surface area contributed by atoms with Gasteiger partial charge < -0.3 is 9.47 Å². The van der Waals surface area contributed by atoms with Crippen LogP contribution < -0.4 is 0 Å². The molecular formula is C9H8ClO3. The lowest BCUT2D eigenvalue weighted by molar-refractivity contribution is -0.00124. The van der Waals surface area contributed by atoms with E-state index in [2.05, 4.69) is 16.6 Å². The third-order valence-corrected chi connectivity index (χ3v) is 1.70. The summed E-state index contributed by atoms with van der Waals surface area (Å²) >= 11 is 5.74. The summed E-state index contributed by atoms with van der Waals surface area (Å²) in [5, 5.41) is 0.358. The molecule has 0 aromatic heterocycles. The Bertz CT molecular complexity index is 299. The van der Waals surface area contributed by atoms with Crippen LogP contribution in [0.5, 0.6) is 0 Å². The molecule has 0 aliphatic rings. The summed E-state index contributed by atoms with van der Waals surface area (Å²) in [5.74, 6) is -0.519. The molecule has 13 heavy (non-hydrogen) atoms. The first-order chi connectivity index (χ1) is 6.25. The van der Waals surface area contributed by atoms with Gasteiger partial charge in [-0.15, -0.1) is 0 Å². The van der Waals surface area contributed by atoms with Gasteiger partial charge in [0.2, 0.25) is 0 Å². The van der Waals surface area contributed by atoms with Gasteiger partial charge in [-0.1, -0.05) is 23.7 Å². The first-order valence-corrected chi connectivity index (χ1v) is 3.92. The molecule has 0 aliphatic heterocycles. The number of carbonyl (C=O) groups excluding carboxylic acids is 1. The quantitative estimate of drug-likeness (QED) is 0.553. The first kappa shape index (κ1) is 10.0. The highest BCUT2D eigenvalue weighted by Crippen LogP contribution is 2.15. The van der Waals surface area contributed by atoms with Crippen LogP contribution in [0, 0.1) is 7.11 Å². The minimum Gasteiger partial charge on any atom is -0.435 e. The van der Waals surface area contributed by atoms with Crippen molar-refractivity contribution in [2.45, 2.75) is 0 Å². The molecule has 0 spiro atoms. The highest BCUT2D eigenvalue weighted by Gasteiger charge is 2.09. The van der Waals surface area contributed by atoms with Crippen molar-refractivity contribution in [3.8, 4) is 0 Å². The predicted octanol–water partition coefficient (Wildman–Crippen LogP) is 2.26. The van der Waals surface area contributed by atoms with Crippen molar-refractivity contribution in [2.75, 3.05) is 6.79 Å². The largest absolute Gasteiger partial charge is 0.435 e. The van der Waals surface area contributed by atoms with Crippen LogP contribution in [0.4, 0.5) is 0 Å². The maximum atomic E-state index is 11.2. The fraction of sp³-hybridized carbons (Fsp3) is 0.111. The van der Waals surface area contributed by atoms with Crippen molar-refractivity contribution in [1.29, 1.82) is 0 Å². The summed E-state index contributed by atoms with van der Waals surface area (Å²) < 4.78 is 8.99. The van der Waals surface area contributed by atoms with Gasteiger partial charge in [-0.2, -0.15) is 0 Å². The third-order valence-electron chi connectivity index (χ3n) is 1.37. The minimum atomic E-state index is -0.519. The van der Waals surface area contributed by atoms with E-state index in [4.69, 9.17) is 11.6 Å². The van der Waals surface area contributed by atoms with E-state index in [1.807, 2.05) is 0 Å². The maximum absolute atomic E-state index is 11.2. The van der Waals surface area contributed by atoms with Gasteiger partial charge in [0.05, 0.1) is 17.7 Å². The summed E-state index contributed by atoms with van der Waals surface area (Å²) in [4.78, 5) is 11.2. The summed E-state index contributed by atoms with van der Waals surface area (Å²) in [7, 11) is 3.06. The average Bonchev–Trinajstić information content (AvgIpc) is 2.15. The molecule has 3 nitrogen and oxygen atoms in total. The Hall–Kier alpha value is -1.06. The molecule has 0 bridgehead atoms. The van der Waals surface area contributed by atoms with Crippen LogP contribution in [0.3, 0.4) is 0 Å². The van der Waals surface area contributed by atoms with E-state index in [1.54, 1.807) is 24.3 Å². The van der Waals surface area contributed by atoms with Crippen molar-refractivity contribution in [3.63, 3.8) is 0 Å². The van der Waals surface area contributed by atoms with E-state index in [-0.39, 0.29) is 6.79 Å². The number of carbonyl (C=O) groups is 1. The van der Waals surface area contributed by atoms with Gasteiger partial charge in [0.1, 0.15) is 0 Å². The normalized spacial score (nSPS) is 9.69. The van der Waals surface area contributed by atoms with E-state index in [9.17, 15) is 4.79 Å². The molecule has 0 atom stereocenters. The zero-order valence-corrected chi connectivity index (χ0v) is 7.58. The van der Waals surface area contributed by atoms with Crippen LogP contribution in [0.25, 0.3) is 0 Å². The monoisotopic (exact) mass is 199 g/mol. The lowest BCUT2D eigenvalue weighted by atomic mass is 10.2. The Morgan fingerprint density at radius 2 is 2.15 bits per heavy atom. The average molecular weight is 200 g/mol. The highest BCUT2D eigenvalue weighted by atomic mass is 35.5. The van der Waals surface area contributed by atoms with Crippen molar-refractivity contribution in [2.24, 2.45) is 0 Å². The molecule has 0 aliphatic carbocycles. The fourth-order valence-corrected chi connectivity index (χ4v) is 1.01. The second-order valence-electron chi connectivity index (χ2n) is 2.23. The van der Waals surface area contributed by atoms with Gasteiger partial charge in [-0.25, -0.2) is 4.79 Å². The second kappa shape index (κ2) is 4.84. The number of ether oxygens (including phenoxy) is 2. The number of benzene rings is 1. The number of esters is 1. The van der Waals surface area contributed by atoms with Crippen LogP contribution in [-0.4, -0.2) is 12.8 Å². The van der Waals surface area contributed by atoms with E-state index in [1.165, 1.54) is 0 Å². The third kappa shape index (κ3) is 2.72. The minimum absolute atomic E-state index is 0.177. The molecule has 0 saturated carbocycles. The summed E-state index contributed by atoms with van der Waals surface area (Å²) in [6, 6.07) is 6.63. The number of hydrogen-bond acceptors (Lipinski definition) is 3. The van der Waals surface area contributed by atoms with Crippen LogP contribution in [0.2, 0.25) is 5.02 Å². The van der Waals surface area contributed by atoms with Crippen LogP contribution in [-0.2, 0) is 9.47 Å². The van der Waals surface area contributed by atoms with Gasteiger partial charge in [0.15, 0.2) is 6.79 Å². The molecule has 4 heteroatoms. The van der Waals surface area contributed by atoms with Gasteiger partial charge in [-0.05, 0) is 12.1 Å². The summed E-state index contributed by atoms with van der Waals surface area (Å²) in [6.45, 7) is -0.177. The Morgan fingerprint density at radius 3 is 2.77 bits per heavy atom. The zero-order valence-electron chi connectivity index (χ0n) is 6.83. The van der Waals surface area contributed by atoms with E-state index >= 15 is 0 Å². The van der Waals surface area contributed by atoms with Crippen molar-refractivity contribution >= 4 is 17.6 Å². The summed E-state index contributed by atoms with van der Waals surface area (Å²) in [5.41, 5.74) is 0.321. The first-order valence-electron chi connectivity index (χ1n) is 3.54. The molecule has 1 radical (unpaired) electrons. The highest BCUT2D eigenvalue weighted by molar-refractivity contribution is 6.33. The predicted molar refractivity (Wildman–Crippen MR) is 48.2 cm³/mol. The van der Waals surface area contributed by atoms with Crippen LogP contribution >= 0.6 is 11.6 Å². The fourth-order valence-electron chi connectivity index (χ4n) is 0.800. The number of rotatable bonds is 3. The standard InChI is InChI=1S/C9H8ClO3/c1-12-6-13-9(11)7-4-2-3-5-8(7)10/h2-5H,1,6H2. The molecule has 1 aromatic carbocycles. The molecular weight excluding hydrogens is 192 g/mol. The molecule has 0 amide bonds. The van der Waals surface area contributed by atoms with E-state index in [0.717, 1.165) is 0 Å². The molecule has 1 aromatic rings. The van der Waals surface area contributed by atoms with Crippen LogP contribution in [0.1, 0.15) is 10.4 Å². The smallest absolute Gasteiger partial charge is 0.341 e. The van der Waals surface area contributed by atoms with Gasteiger partial charge in [-0.3, -0.25) is 0 Å². The van der Waals surface area contributed by atoms with Gasteiger partial charge in [0, 0.05) is 0 Å². The topological polar surface area (TPSA) is 35.5 Å². The zero-order chi connectivity index (χ0) is 9.68. The molecule has 0 unspecified atom stereocenters. The Balaban J connectivity index is 2.71.